The molecule has 0 spiro atoms. The molecule has 106 valence electrons. The first kappa shape index (κ1) is 12.4. The number of thioether (sulfide) groups is 1. The number of aromatic nitrogens is 5. The van der Waals surface area contributed by atoms with Gasteiger partial charge in [0.2, 0.25) is 0 Å². The fourth-order valence-electron chi connectivity index (χ4n) is 2.89. The van der Waals surface area contributed by atoms with Crippen molar-refractivity contribution in [1.82, 2.24) is 29.9 Å². The summed E-state index contributed by atoms with van der Waals surface area (Å²) in [6.45, 7) is 3.94. The highest BCUT2D eigenvalue weighted by molar-refractivity contribution is 7.99. The number of hydrogen-bond acceptors (Lipinski definition) is 5. The van der Waals surface area contributed by atoms with Crippen molar-refractivity contribution in [3.05, 3.63) is 23.8 Å². The van der Waals surface area contributed by atoms with Crippen molar-refractivity contribution >= 4 is 11.8 Å². The van der Waals surface area contributed by atoms with E-state index < -0.39 is 0 Å². The molecule has 0 amide bonds. The SMILES string of the molecule is c1c(C2CCCNC2)nnn1Cc1cn2c(n1)SCC2. The van der Waals surface area contributed by atoms with Gasteiger partial charge in [-0.1, -0.05) is 17.0 Å². The van der Waals surface area contributed by atoms with E-state index in [0.29, 0.717) is 12.5 Å². The smallest absolute Gasteiger partial charge is 0.168 e. The minimum Gasteiger partial charge on any atom is -0.325 e. The van der Waals surface area contributed by atoms with Gasteiger partial charge in [0, 0.05) is 37.2 Å². The van der Waals surface area contributed by atoms with Gasteiger partial charge < -0.3 is 9.88 Å². The predicted octanol–water partition coefficient (Wildman–Crippen LogP) is 1.10. The zero-order valence-corrected chi connectivity index (χ0v) is 12.1. The van der Waals surface area contributed by atoms with Crippen molar-refractivity contribution in [3.63, 3.8) is 0 Å². The monoisotopic (exact) mass is 290 g/mol. The Morgan fingerprint density at radius 3 is 3.25 bits per heavy atom. The highest BCUT2D eigenvalue weighted by atomic mass is 32.2. The number of aryl methyl sites for hydroxylation is 1. The standard InChI is InChI=1S/C13H18N6S/c1-2-10(6-14-3-1)12-9-19(17-16-12)8-11-7-18-4-5-20-13(18)15-11/h7,9-10,14H,1-6,8H2. The number of rotatable bonds is 3. The maximum atomic E-state index is 4.63. The Morgan fingerprint density at radius 2 is 2.40 bits per heavy atom. The summed E-state index contributed by atoms with van der Waals surface area (Å²) in [5.74, 6) is 1.66. The molecule has 2 aromatic heterocycles. The summed E-state index contributed by atoms with van der Waals surface area (Å²) >= 11 is 1.83. The summed E-state index contributed by atoms with van der Waals surface area (Å²) in [5, 5.41) is 13.1. The first-order chi connectivity index (χ1) is 9.88. The van der Waals surface area contributed by atoms with Crippen LogP contribution in [0.15, 0.2) is 17.6 Å². The Morgan fingerprint density at radius 1 is 1.40 bits per heavy atom. The van der Waals surface area contributed by atoms with Gasteiger partial charge in [-0.2, -0.15) is 0 Å². The van der Waals surface area contributed by atoms with Crippen LogP contribution >= 0.6 is 11.8 Å². The van der Waals surface area contributed by atoms with Crippen molar-refractivity contribution < 1.29 is 0 Å². The third-order valence-corrected chi connectivity index (χ3v) is 4.92. The molecule has 6 nitrogen and oxygen atoms in total. The number of hydrogen-bond donors (Lipinski definition) is 1. The van der Waals surface area contributed by atoms with Crippen LogP contribution in [-0.4, -0.2) is 43.4 Å². The highest BCUT2D eigenvalue weighted by Crippen LogP contribution is 2.25. The third-order valence-electron chi connectivity index (χ3n) is 3.95. The van der Waals surface area contributed by atoms with Crippen LogP contribution in [0.25, 0.3) is 0 Å². The molecular formula is C13H18N6S. The number of piperidine rings is 1. The molecule has 0 saturated carbocycles. The van der Waals surface area contributed by atoms with E-state index in [1.165, 1.54) is 12.8 Å². The fourth-order valence-corrected chi connectivity index (χ4v) is 3.85. The number of nitrogens with one attached hydrogen (secondary N) is 1. The first-order valence-corrected chi connectivity index (χ1v) is 8.16. The van der Waals surface area contributed by atoms with Crippen LogP contribution in [0.2, 0.25) is 0 Å². The number of nitrogens with zero attached hydrogens (tertiary/aromatic N) is 5. The molecule has 1 fully saturated rings. The van der Waals surface area contributed by atoms with E-state index in [9.17, 15) is 0 Å². The van der Waals surface area contributed by atoms with E-state index in [2.05, 4.69) is 37.6 Å². The molecule has 1 atom stereocenters. The second-order valence-corrected chi connectivity index (χ2v) is 6.50. The normalized spacial score (nSPS) is 22.1. The van der Waals surface area contributed by atoms with E-state index in [0.717, 1.165) is 41.9 Å². The Bertz CT molecular complexity index is 576. The van der Waals surface area contributed by atoms with Crippen LogP contribution in [0.1, 0.15) is 30.1 Å². The Kier molecular flexibility index (Phi) is 3.23. The van der Waals surface area contributed by atoms with E-state index in [4.69, 9.17) is 0 Å². The van der Waals surface area contributed by atoms with Crippen molar-refractivity contribution in [3.8, 4) is 0 Å². The highest BCUT2D eigenvalue weighted by Gasteiger charge is 2.19. The van der Waals surface area contributed by atoms with Gasteiger partial charge in [0.05, 0.1) is 17.9 Å². The van der Waals surface area contributed by atoms with Crippen molar-refractivity contribution in [1.29, 1.82) is 0 Å². The molecule has 1 unspecified atom stereocenters. The molecule has 1 saturated heterocycles. The predicted molar refractivity (Wildman–Crippen MR) is 76.9 cm³/mol. The van der Waals surface area contributed by atoms with Crippen LogP contribution in [0.3, 0.4) is 0 Å². The second kappa shape index (κ2) is 5.21. The van der Waals surface area contributed by atoms with E-state index in [-0.39, 0.29) is 0 Å². The molecular weight excluding hydrogens is 272 g/mol. The van der Waals surface area contributed by atoms with Crippen LogP contribution in [0.5, 0.6) is 0 Å². The van der Waals surface area contributed by atoms with Crippen molar-refractivity contribution in [2.75, 3.05) is 18.8 Å². The van der Waals surface area contributed by atoms with Gasteiger partial charge in [-0.05, 0) is 19.4 Å². The summed E-state index contributed by atoms with van der Waals surface area (Å²) in [6.07, 6.45) is 6.65. The number of fused-ring (bicyclic) bond motifs is 1. The fraction of sp³-hybridized carbons (Fsp3) is 0.615. The Hall–Kier alpha value is -1.34. The molecule has 0 aromatic carbocycles. The lowest BCUT2D eigenvalue weighted by Crippen LogP contribution is -2.28. The Labute approximate surface area is 122 Å². The second-order valence-electron chi connectivity index (χ2n) is 5.44. The molecule has 0 bridgehead atoms. The first-order valence-electron chi connectivity index (χ1n) is 7.18. The molecule has 1 N–H and O–H groups in total. The van der Waals surface area contributed by atoms with Gasteiger partial charge in [0.1, 0.15) is 0 Å². The number of imidazole rings is 1. The summed E-state index contributed by atoms with van der Waals surface area (Å²) in [4.78, 5) is 4.63. The van der Waals surface area contributed by atoms with Crippen LogP contribution in [-0.2, 0) is 13.1 Å². The van der Waals surface area contributed by atoms with Crippen LogP contribution < -0.4 is 5.32 Å². The minimum absolute atomic E-state index is 0.514. The van der Waals surface area contributed by atoms with Crippen molar-refractivity contribution in [2.45, 2.75) is 37.0 Å². The Balaban J connectivity index is 1.47. The largest absolute Gasteiger partial charge is 0.325 e. The minimum atomic E-state index is 0.514. The van der Waals surface area contributed by atoms with Crippen LogP contribution in [0.4, 0.5) is 0 Å². The van der Waals surface area contributed by atoms with Gasteiger partial charge in [-0.3, -0.25) is 0 Å². The molecule has 0 aliphatic carbocycles. The summed E-state index contributed by atoms with van der Waals surface area (Å²) < 4.78 is 4.13. The summed E-state index contributed by atoms with van der Waals surface area (Å²) in [6, 6.07) is 0. The lowest BCUT2D eigenvalue weighted by Gasteiger charge is -2.20. The van der Waals surface area contributed by atoms with E-state index >= 15 is 0 Å². The molecule has 0 radical (unpaired) electrons. The van der Waals surface area contributed by atoms with E-state index in [1.807, 2.05) is 16.4 Å². The lowest BCUT2D eigenvalue weighted by molar-refractivity contribution is 0.454. The average molecular weight is 290 g/mol. The van der Waals surface area contributed by atoms with Gasteiger partial charge in [0.25, 0.3) is 0 Å². The molecule has 2 aliphatic heterocycles. The molecule has 2 aromatic rings. The molecule has 20 heavy (non-hydrogen) atoms. The molecule has 4 heterocycles. The molecule has 2 aliphatic rings. The van der Waals surface area contributed by atoms with E-state index in [1.54, 1.807) is 0 Å². The van der Waals surface area contributed by atoms with Gasteiger partial charge in [0.15, 0.2) is 5.16 Å². The maximum absolute atomic E-state index is 4.63. The third kappa shape index (κ3) is 2.35. The van der Waals surface area contributed by atoms with Gasteiger partial charge in [-0.25, -0.2) is 9.67 Å². The molecule has 4 rings (SSSR count). The van der Waals surface area contributed by atoms with Gasteiger partial charge in [-0.15, -0.1) is 5.10 Å². The zero-order chi connectivity index (χ0) is 13.4. The summed E-state index contributed by atoms with van der Waals surface area (Å²) in [5.41, 5.74) is 2.18. The average Bonchev–Trinajstić information content (AvgIpc) is 3.16. The van der Waals surface area contributed by atoms with Gasteiger partial charge >= 0.3 is 0 Å². The molecule has 7 heteroatoms. The zero-order valence-electron chi connectivity index (χ0n) is 11.3. The quantitative estimate of drug-likeness (QED) is 0.917. The van der Waals surface area contributed by atoms with Crippen molar-refractivity contribution in [2.24, 2.45) is 0 Å². The summed E-state index contributed by atoms with van der Waals surface area (Å²) in [7, 11) is 0. The topological polar surface area (TPSA) is 60.6 Å². The maximum Gasteiger partial charge on any atom is 0.168 e. The van der Waals surface area contributed by atoms with Crippen LogP contribution in [0, 0.1) is 0 Å². The lowest BCUT2D eigenvalue weighted by atomic mass is 9.97.